The standard InChI is InChI=1S/C57H38N4/c1-6-17-39(18-7-1)45-25-16-26-47(35-45)57-58-52(42-21-10-3-11-22-42)38-53(59-57)43-31-29-40(30-32-43)46-33-34-50-48(36-46)37-51(41-19-8-2-9-20-41)54-55(44-23-12-4-13-24-44)60-61(56(50)54)49-27-14-5-15-28-49/h1-38H. The number of hydrogen-bond donors (Lipinski definition) is 0. The highest BCUT2D eigenvalue weighted by atomic mass is 15.3. The molecule has 0 fully saturated rings. The van der Waals surface area contributed by atoms with E-state index in [9.17, 15) is 0 Å². The van der Waals surface area contributed by atoms with Crippen LogP contribution in [0.1, 0.15) is 0 Å². The summed E-state index contributed by atoms with van der Waals surface area (Å²) in [6.45, 7) is 0. The average Bonchev–Trinajstić information content (AvgIpc) is 3.76. The molecule has 0 aliphatic heterocycles. The molecule has 0 spiro atoms. The smallest absolute Gasteiger partial charge is 0.160 e. The molecule has 0 bridgehead atoms. The Labute approximate surface area is 354 Å². The van der Waals surface area contributed by atoms with E-state index >= 15 is 0 Å². The highest BCUT2D eigenvalue weighted by Crippen LogP contribution is 2.43. The summed E-state index contributed by atoms with van der Waals surface area (Å²) in [5.41, 5.74) is 15.8. The molecule has 0 radical (unpaired) electrons. The van der Waals surface area contributed by atoms with Crippen molar-refractivity contribution in [2.24, 2.45) is 0 Å². The van der Waals surface area contributed by atoms with Crippen LogP contribution < -0.4 is 0 Å². The Balaban J connectivity index is 1.03. The van der Waals surface area contributed by atoms with Crippen molar-refractivity contribution in [3.05, 3.63) is 231 Å². The van der Waals surface area contributed by atoms with Crippen molar-refractivity contribution in [3.8, 4) is 84.2 Å². The number of aromatic nitrogens is 4. The van der Waals surface area contributed by atoms with Gasteiger partial charge in [-0.25, -0.2) is 14.6 Å². The SMILES string of the molecule is c1ccc(-c2cccc(-c3nc(-c4ccccc4)cc(-c4ccc(-c5ccc6c(c5)cc(-c5ccccc5)c5c(-c7ccccc7)nn(-c7ccccc7)c56)cc4)n3)c2)cc1. The summed E-state index contributed by atoms with van der Waals surface area (Å²) in [5.74, 6) is 0.693. The molecular weight excluding hydrogens is 741 g/mol. The summed E-state index contributed by atoms with van der Waals surface area (Å²) in [7, 11) is 0. The van der Waals surface area contributed by atoms with Crippen LogP contribution in [0.2, 0.25) is 0 Å². The second kappa shape index (κ2) is 15.5. The number of fused-ring (bicyclic) bond motifs is 3. The molecule has 0 N–H and O–H groups in total. The van der Waals surface area contributed by atoms with Crippen LogP contribution >= 0.6 is 0 Å². The molecule has 0 saturated carbocycles. The Morgan fingerprint density at radius 1 is 0.328 bits per heavy atom. The number of hydrogen-bond acceptors (Lipinski definition) is 3. The summed E-state index contributed by atoms with van der Waals surface area (Å²) >= 11 is 0. The molecule has 2 heterocycles. The van der Waals surface area contributed by atoms with Crippen LogP contribution in [0.3, 0.4) is 0 Å². The molecule has 2 aromatic heterocycles. The van der Waals surface area contributed by atoms with Crippen molar-refractivity contribution in [1.29, 1.82) is 0 Å². The third-order valence-corrected chi connectivity index (χ3v) is 11.4. The van der Waals surface area contributed by atoms with E-state index in [1.807, 2.05) is 12.1 Å². The molecular formula is C57H38N4. The van der Waals surface area contributed by atoms with E-state index in [2.05, 4.69) is 223 Å². The first-order valence-electron chi connectivity index (χ1n) is 20.6. The van der Waals surface area contributed by atoms with Gasteiger partial charge in [-0.3, -0.25) is 0 Å². The van der Waals surface area contributed by atoms with Crippen LogP contribution in [0.5, 0.6) is 0 Å². The van der Waals surface area contributed by atoms with Crippen molar-refractivity contribution < 1.29 is 0 Å². The lowest BCUT2D eigenvalue weighted by Gasteiger charge is -2.13. The number of rotatable bonds is 8. The molecule has 11 aromatic rings. The van der Waals surface area contributed by atoms with Crippen LogP contribution in [0.4, 0.5) is 0 Å². The van der Waals surface area contributed by atoms with Crippen molar-refractivity contribution >= 4 is 21.7 Å². The highest BCUT2D eigenvalue weighted by molar-refractivity contribution is 6.17. The Morgan fingerprint density at radius 2 is 0.803 bits per heavy atom. The minimum Gasteiger partial charge on any atom is -0.232 e. The van der Waals surface area contributed by atoms with Gasteiger partial charge in [-0.05, 0) is 75.2 Å². The lowest BCUT2D eigenvalue weighted by atomic mass is 9.92. The maximum atomic E-state index is 5.36. The van der Waals surface area contributed by atoms with E-state index in [-0.39, 0.29) is 0 Å². The molecule has 4 nitrogen and oxygen atoms in total. The maximum Gasteiger partial charge on any atom is 0.160 e. The Morgan fingerprint density at radius 3 is 1.46 bits per heavy atom. The predicted molar refractivity (Wildman–Crippen MR) is 252 cm³/mol. The van der Waals surface area contributed by atoms with E-state index in [0.29, 0.717) is 5.82 Å². The van der Waals surface area contributed by atoms with E-state index in [0.717, 1.165) is 100 Å². The molecule has 61 heavy (non-hydrogen) atoms. The summed E-state index contributed by atoms with van der Waals surface area (Å²) in [5, 5.41) is 8.79. The van der Waals surface area contributed by atoms with E-state index in [4.69, 9.17) is 15.1 Å². The third kappa shape index (κ3) is 6.86. The molecule has 0 amide bonds. The van der Waals surface area contributed by atoms with Crippen molar-refractivity contribution in [2.45, 2.75) is 0 Å². The van der Waals surface area contributed by atoms with Gasteiger partial charge in [0.05, 0.1) is 22.6 Å². The van der Waals surface area contributed by atoms with Crippen LogP contribution in [0, 0.1) is 0 Å². The molecule has 0 unspecified atom stereocenters. The number of benzene rings is 9. The molecule has 9 aromatic carbocycles. The minimum absolute atomic E-state index is 0.693. The Hall–Kier alpha value is -8.21. The van der Waals surface area contributed by atoms with Crippen molar-refractivity contribution in [2.75, 3.05) is 0 Å². The fourth-order valence-electron chi connectivity index (χ4n) is 8.41. The Bertz CT molecular complexity index is 3310. The Kier molecular flexibility index (Phi) is 9.14. The van der Waals surface area contributed by atoms with Gasteiger partial charge in [-0.1, -0.05) is 194 Å². The van der Waals surface area contributed by atoms with E-state index < -0.39 is 0 Å². The second-order valence-corrected chi connectivity index (χ2v) is 15.3. The molecule has 4 heteroatoms. The topological polar surface area (TPSA) is 43.6 Å². The molecule has 0 aliphatic rings. The first kappa shape index (κ1) is 35.9. The predicted octanol–water partition coefficient (Wildman–Crippen LogP) is 14.6. The third-order valence-electron chi connectivity index (χ3n) is 11.4. The largest absolute Gasteiger partial charge is 0.232 e. The van der Waals surface area contributed by atoms with Gasteiger partial charge in [-0.2, -0.15) is 5.10 Å². The lowest BCUT2D eigenvalue weighted by molar-refractivity contribution is 0.918. The summed E-state index contributed by atoms with van der Waals surface area (Å²) in [4.78, 5) is 10.3. The molecule has 0 atom stereocenters. The highest BCUT2D eigenvalue weighted by Gasteiger charge is 2.21. The summed E-state index contributed by atoms with van der Waals surface area (Å²) in [6, 6.07) is 80.9. The van der Waals surface area contributed by atoms with E-state index in [1.165, 1.54) is 0 Å². The fraction of sp³-hybridized carbons (Fsp3) is 0. The molecule has 0 saturated heterocycles. The first-order valence-corrected chi connectivity index (χ1v) is 20.6. The molecule has 286 valence electrons. The summed E-state index contributed by atoms with van der Waals surface area (Å²) in [6.07, 6.45) is 0. The normalized spacial score (nSPS) is 11.3. The molecule has 0 aliphatic carbocycles. The number of para-hydroxylation sites is 1. The first-order chi connectivity index (χ1) is 30.2. The van der Waals surface area contributed by atoms with Gasteiger partial charge < -0.3 is 0 Å². The van der Waals surface area contributed by atoms with Gasteiger partial charge in [0.15, 0.2) is 5.82 Å². The van der Waals surface area contributed by atoms with Gasteiger partial charge in [0.25, 0.3) is 0 Å². The minimum atomic E-state index is 0.693. The zero-order chi connectivity index (χ0) is 40.5. The quantitative estimate of drug-likeness (QED) is 0.154. The molecule has 11 rings (SSSR count). The van der Waals surface area contributed by atoms with Gasteiger partial charge in [0.2, 0.25) is 0 Å². The average molecular weight is 779 g/mol. The van der Waals surface area contributed by atoms with Crippen LogP contribution in [0.15, 0.2) is 231 Å². The maximum absolute atomic E-state index is 5.36. The van der Waals surface area contributed by atoms with Crippen LogP contribution in [0.25, 0.3) is 106 Å². The zero-order valence-electron chi connectivity index (χ0n) is 33.2. The second-order valence-electron chi connectivity index (χ2n) is 15.3. The monoisotopic (exact) mass is 778 g/mol. The van der Waals surface area contributed by atoms with Gasteiger partial charge in [0, 0.05) is 33.0 Å². The van der Waals surface area contributed by atoms with Gasteiger partial charge in [0.1, 0.15) is 5.69 Å². The van der Waals surface area contributed by atoms with Crippen LogP contribution in [-0.2, 0) is 0 Å². The van der Waals surface area contributed by atoms with E-state index in [1.54, 1.807) is 0 Å². The zero-order valence-corrected chi connectivity index (χ0v) is 33.2. The van der Waals surface area contributed by atoms with Gasteiger partial charge >= 0.3 is 0 Å². The van der Waals surface area contributed by atoms with Crippen LogP contribution in [-0.4, -0.2) is 19.7 Å². The number of nitrogens with zero attached hydrogens (tertiary/aromatic N) is 4. The lowest BCUT2D eigenvalue weighted by Crippen LogP contribution is -1.97. The van der Waals surface area contributed by atoms with Crippen molar-refractivity contribution in [1.82, 2.24) is 19.7 Å². The van der Waals surface area contributed by atoms with Crippen molar-refractivity contribution in [3.63, 3.8) is 0 Å². The summed E-state index contributed by atoms with van der Waals surface area (Å²) < 4.78 is 2.12. The fourth-order valence-corrected chi connectivity index (χ4v) is 8.41. The van der Waals surface area contributed by atoms with Gasteiger partial charge in [-0.15, -0.1) is 0 Å².